The third-order valence-corrected chi connectivity index (χ3v) is 3.47. The van der Waals surface area contributed by atoms with Gasteiger partial charge < -0.3 is 5.32 Å². The predicted octanol–water partition coefficient (Wildman–Crippen LogP) is 1.63. The van der Waals surface area contributed by atoms with Crippen LogP contribution in [0.3, 0.4) is 0 Å². The van der Waals surface area contributed by atoms with Gasteiger partial charge in [0.05, 0.1) is 0 Å². The molecule has 1 saturated carbocycles. The summed E-state index contributed by atoms with van der Waals surface area (Å²) in [5, 5.41) is 18.7. The molecule has 0 aliphatic heterocycles. The van der Waals surface area contributed by atoms with Crippen molar-refractivity contribution in [1.29, 1.82) is 0 Å². The Balaban J connectivity index is 1.50. The Morgan fingerprint density at radius 1 is 1.25 bits per heavy atom. The number of halogens is 1. The van der Waals surface area contributed by atoms with Crippen molar-refractivity contribution < 1.29 is 4.39 Å². The first-order chi connectivity index (χ1) is 9.79. The van der Waals surface area contributed by atoms with Gasteiger partial charge in [0, 0.05) is 12.0 Å². The third-order valence-electron chi connectivity index (χ3n) is 3.47. The number of nitrogens with zero attached hydrogens (tertiary/aromatic N) is 5. The third kappa shape index (κ3) is 1.97. The molecule has 1 aromatic carbocycles. The van der Waals surface area contributed by atoms with Crippen LogP contribution >= 0.6 is 0 Å². The molecule has 100 valence electrons. The number of anilines is 1. The molecule has 0 saturated heterocycles. The Labute approximate surface area is 113 Å². The van der Waals surface area contributed by atoms with Gasteiger partial charge in [-0.15, -0.1) is 14.8 Å². The van der Waals surface area contributed by atoms with Crippen LogP contribution in [0, 0.1) is 5.82 Å². The molecule has 3 aromatic rings. The van der Waals surface area contributed by atoms with Gasteiger partial charge in [0.1, 0.15) is 11.6 Å². The molecule has 1 N–H and O–H groups in total. The topological polar surface area (TPSA) is 68.0 Å². The van der Waals surface area contributed by atoms with E-state index in [1.807, 2.05) is 12.1 Å². The van der Waals surface area contributed by atoms with Gasteiger partial charge in [-0.3, -0.25) is 0 Å². The second-order valence-electron chi connectivity index (χ2n) is 4.89. The molecule has 2 aromatic heterocycles. The Kier molecular flexibility index (Phi) is 2.38. The molecule has 6 nitrogen and oxygen atoms in total. The molecule has 1 aliphatic rings. The van der Waals surface area contributed by atoms with Gasteiger partial charge >= 0.3 is 0 Å². The standard InChI is InChI=1S/C13H11FN6/c14-9-3-1-2-8(6-9)10-7-11(10)15-12-4-5-13-16-18-19-20(13)17-12/h1-6,10-11H,7H2,(H,15,17)/t10-,11+/m0/s1. The average molecular weight is 270 g/mol. The molecule has 1 aliphatic carbocycles. The van der Waals surface area contributed by atoms with Crippen LogP contribution in [-0.2, 0) is 0 Å². The van der Waals surface area contributed by atoms with Crippen LogP contribution in [0.4, 0.5) is 10.2 Å². The smallest absolute Gasteiger partial charge is 0.200 e. The van der Waals surface area contributed by atoms with Crippen molar-refractivity contribution in [3.05, 3.63) is 47.8 Å². The molecule has 0 radical (unpaired) electrons. The summed E-state index contributed by atoms with van der Waals surface area (Å²) in [7, 11) is 0. The molecule has 0 unspecified atom stereocenters. The van der Waals surface area contributed by atoms with Crippen LogP contribution < -0.4 is 5.32 Å². The minimum Gasteiger partial charge on any atom is -0.365 e. The summed E-state index contributed by atoms with van der Waals surface area (Å²) in [6.45, 7) is 0. The van der Waals surface area contributed by atoms with E-state index in [1.165, 1.54) is 10.7 Å². The monoisotopic (exact) mass is 270 g/mol. The van der Waals surface area contributed by atoms with E-state index < -0.39 is 0 Å². The van der Waals surface area contributed by atoms with Crippen LogP contribution in [0.2, 0.25) is 0 Å². The molecule has 0 bridgehead atoms. The minimum absolute atomic E-state index is 0.193. The zero-order valence-electron chi connectivity index (χ0n) is 10.4. The van der Waals surface area contributed by atoms with Gasteiger partial charge in [0.2, 0.25) is 0 Å². The Morgan fingerprint density at radius 3 is 3.10 bits per heavy atom. The fraction of sp³-hybridized carbons (Fsp3) is 0.231. The van der Waals surface area contributed by atoms with Crippen molar-refractivity contribution >= 4 is 11.5 Å². The summed E-state index contributed by atoms with van der Waals surface area (Å²) in [4.78, 5) is 0. The van der Waals surface area contributed by atoms with Crippen molar-refractivity contribution in [3.63, 3.8) is 0 Å². The SMILES string of the molecule is Fc1cccc([C@@H]2C[C@H]2Nc2ccc3nnnn3n2)c1. The maximum atomic E-state index is 13.2. The highest BCUT2D eigenvalue weighted by Crippen LogP contribution is 2.42. The Hall–Kier alpha value is -2.57. The van der Waals surface area contributed by atoms with Gasteiger partial charge in [-0.2, -0.15) is 0 Å². The lowest BCUT2D eigenvalue weighted by atomic mass is 10.1. The van der Waals surface area contributed by atoms with Gasteiger partial charge in [-0.1, -0.05) is 12.1 Å². The van der Waals surface area contributed by atoms with Crippen LogP contribution in [0.1, 0.15) is 17.9 Å². The Bertz CT molecular complexity index is 770. The second-order valence-corrected chi connectivity index (χ2v) is 4.89. The average Bonchev–Trinajstić information content (AvgIpc) is 3.05. The van der Waals surface area contributed by atoms with E-state index in [0.717, 1.165) is 12.0 Å². The summed E-state index contributed by atoms with van der Waals surface area (Å²) < 4.78 is 14.6. The number of aromatic nitrogens is 5. The quantitative estimate of drug-likeness (QED) is 0.783. The number of fused-ring (bicyclic) bond motifs is 1. The fourth-order valence-electron chi connectivity index (χ4n) is 2.38. The van der Waals surface area contributed by atoms with E-state index in [4.69, 9.17) is 0 Å². The van der Waals surface area contributed by atoms with Crippen LogP contribution in [-0.4, -0.2) is 31.3 Å². The molecule has 0 amide bonds. The highest BCUT2D eigenvalue weighted by molar-refractivity contribution is 5.45. The van der Waals surface area contributed by atoms with Gasteiger partial charge in [0.25, 0.3) is 0 Å². The molecule has 1 fully saturated rings. The van der Waals surface area contributed by atoms with E-state index in [0.29, 0.717) is 17.4 Å². The normalized spacial score (nSPS) is 21.1. The molecule has 2 atom stereocenters. The molecule has 4 rings (SSSR count). The highest BCUT2D eigenvalue weighted by Gasteiger charge is 2.38. The van der Waals surface area contributed by atoms with Crippen LogP contribution in [0.15, 0.2) is 36.4 Å². The van der Waals surface area contributed by atoms with E-state index in [9.17, 15) is 4.39 Å². The summed E-state index contributed by atoms with van der Waals surface area (Å²) in [6.07, 6.45) is 0.971. The van der Waals surface area contributed by atoms with E-state index in [2.05, 4.69) is 25.9 Å². The molecule has 2 heterocycles. The molecular weight excluding hydrogens is 259 g/mol. The lowest BCUT2D eigenvalue weighted by Gasteiger charge is -2.04. The summed E-state index contributed by atoms with van der Waals surface area (Å²) in [6, 6.07) is 10.7. The van der Waals surface area contributed by atoms with Crippen molar-refractivity contribution in [2.45, 2.75) is 18.4 Å². The minimum atomic E-state index is -0.193. The number of nitrogens with one attached hydrogen (secondary N) is 1. The summed E-state index contributed by atoms with van der Waals surface area (Å²) >= 11 is 0. The van der Waals surface area contributed by atoms with Crippen molar-refractivity contribution in [1.82, 2.24) is 25.3 Å². The number of hydrogen-bond donors (Lipinski definition) is 1. The summed E-state index contributed by atoms with van der Waals surface area (Å²) in [5.41, 5.74) is 1.62. The van der Waals surface area contributed by atoms with Gasteiger partial charge in [-0.25, -0.2) is 4.39 Å². The maximum absolute atomic E-state index is 13.2. The summed E-state index contributed by atoms with van der Waals surface area (Å²) in [5.74, 6) is 0.854. The zero-order valence-corrected chi connectivity index (χ0v) is 10.4. The first kappa shape index (κ1) is 11.3. The number of tetrazole rings is 1. The molecule has 0 spiro atoms. The predicted molar refractivity (Wildman–Crippen MR) is 69.7 cm³/mol. The number of rotatable bonds is 3. The lowest BCUT2D eigenvalue weighted by Crippen LogP contribution is -2.08. The maximum Gasteiger partial charge on any atom is 0.200 e. The van der Waals surface area contributed by atoms with Crippen molar-refractivity contribution in [2.24, 2.45) is 0 Å². The lowest BCUT2D eigenvalue weighted by molar-refractivity contribution is 0.625. The first-order valence-corrected chi connectivity index (χ1v) is 6.37. The molecular formula is C13H11FN6. The first-order valence-electron chi connectivity index (χ1n) is 6.37. The number of hydrogen-bond acceptors (Lipinski definition) is 5. The molecule has 20 heavy (non-hydrogen) atoms. The zero-order chi connectivity index (χ0) is 13.5. The van der Waals surface area contributed by atoms with E-state index in [1.54, 1.807) is 18.2 Å². The number of benzene rings is 1. The van der Waals surface area contributed by atoms with Crippen LogP contribution in [0.5, 0.6) is 0 Å². The van der Waals surface area contributed by atoms with E-state index in [-0.39, 0.29) is 11.9 Å². The van der Waals surface area contributed by atoms with Crippen molar-refractivity contribution in [2.75, 3.05) is 5.32 Å². The Morgan fingerprint density at radius 2 is 2.20 bits per heavy atom. The highest BCUT2D eigenvalue weighted by atomic mass is 19.1. The van der Waals surface area contributed by atoms with Crippen molar-refractivity contribution in [3.8, 4) is 0 Å². The second kappa shape index (κ2) is 4.22. The van der Waals surface area contributed by atoms with Gasteiger partial charge in [0.15, 0.2) is 5.65 Å². The van der Waals surface area contributed by atoms with Crippen LogP contribution in [0.25, 0.3) is 5.65 Å². The fourth-order valence-corrected chi connectivity index (χ4v) is 2.38. The largest absolute Gasteiger partial charge is 0.365 e. The molecule has 7 heteroatoms. The van der Waals surface area contributed by atoms with Gasteiger partial charge in [-0.05, 0) is 46.7 Å². The van der Waals surface area contributed by atoms with E-state index >= 15 is 0 Å².